The van der Waals surface area contributed by atoms with Crippen molar-refractivity contribution in [2.75, 3.05) is 47.5 Å². The molecule has 1 aliphatic rings. The molecule has 1 aromatic heterocycles. The van der Waals surface area contributed by atoms with Gasteiger partial charge in [0.15, 0.2) is 11.5 Å². The molecule has 0 atom stereocenters. The summed E-state index contributed by atoms with van der Waals surface area (Å²) in [5.74, 6) is 2.11. The molecule has 0 aliphatic carbocycles. The zero-order valence-corrected chi connectivity index (χ0v) is 22.9. The van der Waals surface area contributed by atoms with E-state index in [0.29, 0.717) is 11.5 Å². The predicted octanol–water partition coefficient (Wildman–Crippen LogP) is 5.19. The average molecular weight is 523 g/mol. The van der Waals surface area contributed by atoms with Gasteiger partial charge in [-0.15, -0.1) is 24.8 Å². The number of hydrogen-bond acceptors (Lipinski definition) is 5. The topological polar surface area (TPSA) is 39.1 Å². The number of halogens is 2. The molecule has 0 radical (unpaired) electrons. The number of hydrogen-bond donors (Lipinski definition) is 0. The fraction of sp³-hybridized carbons (Fsp3) is 0.407. The first-order valence-corrected chi connectivity index (χ1v) is 11.5. The summed E-state index contributed by atoms with van der Waals surface area (Å²) in [5.41, 5.74) is 6.41. The third-order valence-electron chi connectivity index (χ3n) is 6.75. The van der Waals surface area contributed by atoms with Crippen LogP contribution in [0.4, 0.5) is 0 Å². The lowest BCUT2D eigenvalue weighted by Gasteiger charge is -2.35. The molecule has 1 fully saturated rings. The summed E-state index contributed by atoms with van der Waals surface area (Å²) in [5, 5.41) is 0. The Bertz CT molecular complexity index is 1080. The highest BCUT2D eigenvalue weighted by Crippen LogP contribution is 2.40. The monoisotopic (exact) mass is 521 g/mol. The van der Waals surface area contributed by atoms with E-state index < -0.39 is 0 Å². The summed E-state index contributed by atoms with van der Waals surface area (Å²) >= 11 is 0. The van der Waals surface area contributed by atoms with Crippen molar-refractivity contribution in [1.82, 2.24) is 14.4 Å². The van der Waals surface area contributed by atoms with Gasteiger partial charge in [0.1, 0.15) is 0 Å². The Hall–Kier alpha value is -2.38. The van der Waals surface area contributed by atoms with Crippen LogP contribution in [0.3, 0.4) is 0 Å². The molecule has 3 aromatic rings. The minimum Gasteiger partial charge on any atom is -0.493 e. The summed E-state index contributed by atoms with van der Waals surface area (Å²) in [6.07, 6.45) is 0. The molecule has 4 rings (SSSR count). The van der Waals surface area contributed by atoms with Crippen LogP contribution in [0.15, 0.2) is 48.5 Å². The van der Waals surface area contributed by atoms with E-state index in [1.165, 1.54) is 22.5 Å². The van der Waals surface area contributed by atoms with Crippen molar-refractivity contribution in [1.29, 1.82) is 0 Å². The molecule has 192 valence electrons. The number of aromatic nitrogens is 1. The third-order valence-corrected chi connectivity index (χ3v) is 6.75. The second-order valence-electron chi connectivity index (χ2n) is 8.61. The minimum atomic E-state index is 0. The van der Waals surface area contributed by atoms with Crippen molar-refractivity contribution in [3.63, 3.8) is 0 Å². The van der Waals surface area contributed by atoms with Gasteiger partial charge in [0, 0.05) is 63.3 Å². The largest absolute Gasteiger partial charge is 0.493 e. The lowest BCUT2D eigenvalue weighted by atomic mass is 10.1. The summed E-state index contributed by atoms with van der Waals surface area (Å²) in [4.78, 5) is 5.03. The summed E-state index contributed by atoms with van der Waals surface area (Å²) in [7, 11) is 7.14. The normalized spacial score (nSPS) is 14.1. The second kappa shape index (κ2) is 13.1. The summed E-state index contributed by atoms with van der Waals surface area (Å²) in [6, 6.07) is 17.0. The number of piperazine rings is 1. The molecule has 2 heterocycles. The van der Waals surface area contributed by atoms with Crippen LogP contribution >= 0.6 is 24.8 Å². The zero-order chi connectivity index (χ0) is 23.4. The van der Waals surface area contributed by atoms with Crippen molar-refractivity contribution in [3.05, 3.63) is 65.4 Å². The fourth-order valence-electron chi connectivity index (χ4n) is 4.68. The van der Waals surface area contributed by atoms with E-state index in [-0.39, 0.29) is 24.8 Å². The number of benzene rings is 2. The molecular formula is C27H37Cl2N3O3. The van der Waals surface area contributed by atoms with Crippen LogP contribution in [0.1, 0.15) is 16.8 Å². The van der Waals surface area contributed by atoms with Crippen LogP contribution in [-0.2, 0) is 20.1 Å². The SMILES string of the molecule is COc1ccc(CN2CCN(Cc3cc(-c4ccccc4)n(C)c3C)CC2)c(OC)c1OC.Cl.Cl. The van der Waals surface area contributed by atoms with Gasteiger partial charge in [0.25, 0.3) is 0 Å². The quantitative estimate of drug-likeness (QED) is 0.408. The third kappa shape index (κ3) is 6.25. The van der Waals surface area contributed by atoms with Crippen molar-refractivity contribution in [2.24, 2.45) is 7.05 Å². The number of rotatable bonds is 8. The van der Waals surface area contributed by atoms with Crippen molar-refractivity contribution >= 4 is 24.8 Å². The van der Waals surface area contributed by atoms with E-state index in [1.54, 1.807) is 21.3 Å². The van der Waals surface area contributed by atoms with Gasteiger partial charge in [0.2, 0.25) is 5.75 Å². The fourth-order valence-corrected chi connectivity index (χ4v) is 4.68. The van der Waals surface area contributed by atoms with E-state index in [0.717, 1.165) is 50.6 Å². The highest BCUT2D eigenvalue weighted by molar-refractivity contribution is 5.85. The van der Waals surface area contributed by atoms with E-state index in [1.807, 2.05) is 6.07 Å². The summed E-state index contributed by atoms with van der Waals surface area (Å²) in [6.45, 7) is 8.18. The smallest absolute Gasteiger partial charge is 0.203 e. The number of methoxy groups -OCH3 is 3. The molecule has 0 spiro atoms. The average Bonchev–Trinajstić information content (AvgIpc) is 3.13. The van der Waals surface area contributed by atoms with Gasteiger partial charge in [0.05, 0.1) is 21.3 Å². The number of nitrogens with zero attached hydrogens (tertiary/aromatic N) is 3. The van der Waals surface area contributed by atoms with Crippen molar-refractivity contribution < 1.29 is 14.2 Å². The second-order valence-corrected chi connectivity index (χ2v) is 8.61. The lowest BCUT2D eigenvalue weighted by Crippen LogP contribution is -2.45. The van der Waals surface area contributed by atoms with Gasteiger partial charge >= 0.3 is 0 Å². The van der Waals surface area contributed by atoms with Gasteiger partial charge in [-0.1, -0.05) is 36.4 Å². The standard InChI is InChI=1S/C27H35N3O3.2ClH/c1-20-23(17-24(28(20)2)21-9-7-6-8-10-21)19-30-15-13-29(14-16-30)18-22-11-12-25(31-3)27(33-5)26(22)32-4;;/h6-12,17H,13-16,18-19H2,1-5H3;2*1H. The Kier molecular flexibility index (Phi) is 10.8. The Labute approximate surface area is 221 Å². The molecule has 0 bridgehead atoms. The first-order chi connectivity index (χ1) is 16.0. The number of ether oxygens (including phenoxy) is 3. The Morgan fingerprint density at radius 1 is 0.714 bits per heavy atom. The molecule has 0 saturated carbocycles. The van der Waals surface area contributed by atoms with Crippen LogP contribution in [0, 0.1) is 6.92 Å². The van der Waals surface area contributed by atoms with Gasteiger partial charge in [-0.25, -0.2) is 0 Å². The van der Waals surface area contributed by atoms with Crippen LogP contribution in [0.25, 0.3) is 11.3 Å². The first kappa shape index (κ1) is 28.9. The molecule has 0 N–H and O–H groups in total. The maximum Gasteiger partial charge on any atom is 0.203 e. The van der Waals surface area contributed by atoms with Crippen LogP contribution in [-0.4, -0.2) is 61.9 Å². The molecular weight excluding hydrogens is 485 g/mol. The van der Waals surface area contributed by atoms with Crippen molar-refractivity contribution in [2.45, 2.75) is 20.0 Å². The zero-order valence-electron chi connectivity index (χ0n) is 21.2. The molecule has 0 amide bonds. The molecule has 1 aliphatic heterocycles. The van der Waals surface area contributed by atoms with Gasteiger partial charge < -0.3 is 18.8 Å². The highest BCUT2D eigenvalue weighted by Gasteiger charge is 2.22. The van der Waals surface area contributed by atoms with Crippen LogP contribution < -0.4 is 14.2 Å². The lowest BCUT2D eigenvalue weighted by molar-refractivity contribution is 0.121. The van der Waals surface area contributed by atoms with E-state index in [2.05, 4.69) is 70.8 Å². The minimum absolute atomic E-state index is 0. The van der Waals surface area contributed by atoms with E-state index in [4.69, 9.17) is 14.2 Å². The van der Waals surface area contributed by atoms with Gasteiger partial charge in [-0.3, -0.25) is 9.80 Å². The van der Waals surface area contributed by atoms with Crippen molar-refractivity contribution in [3.8, 4) is 28.5 Å². The Morgan fingerprint density at radius 2 is 1.29 bits per heavy atom. The van der Waals surface area contributed by atoms with E-state index >= 15 is 0 Å². The van der Waals surface area contributed by atoms with Gasteiger partial charge in [-0.2, -0.15) is 0 Å². The molecule has 0 unspecified atom stereocenters. The molecule has 35 heavy (non-hydrogen) atoms. The first-order valence-electron chi connectivity index (χ1n) is 11.5. The Balaban J connectivity index is 0.00000216. The molecule has 8 heteroatoms. The van der Waals surface area contributed by atoms with Gasteiger partial charge in [-0.05, 0) is 30.2 Å². The maximum absolute atomic E-state index is 5.67. The van der Waals surface area contributed by atoms with Crippen LogP contribution in [0.2, 0.25) is 0 Å². The van der Waals surface area contributed by atoms with E-state index in [9.17, 15) is 0 Å². The highest BCUT2D eigenvalue weighted by atomic mass is 35.5. The predicted molar refractivity (Wildman–Crippen MR) is 147 cm³/mol. The molecule has 6 nitrogen and oxygen atoms in total. The maximum atomic E-state index is 5.67. The van der Waals surface area contributed by atoms with Crippen LogP contribution in [0.5, 0.6) is 17.2 Å². The summed E-state index contributed by atoms with van der Waals surface area (Å²) < 4.78 is 18.9. The molecule has 2 aromatic carbocycles. The Morgan fingerprint density at radius 3 is 1.83 bits per heavy atom. The molecule has 1 saturated heterocycles.